The number of unbranched alkanes of at least 4 members (excludes halogenated alkanes) is 2. The molecule has 4 heterocycles. The van der Waals surface area contributed by atoms with E-state index in [4.69, 9.17) is 4.98 Å². The van der Waals surface area contributed by atoms with E-state index in [-0.39, 0.29) is 5.92 Å². The molecule has 33 heavy (non-hydrogen) atoms. The Balaban J connectivity index is 1.24. The van der Waals surface area contributed by atoms with E-state index < -0.39 is 12.0 Å². The van der Waals surface area contributed by atoms with Crippen LogP contribution < -0.4 is 5.32 Å². The number of anilines is 1. The van der Waals surface area contributed by atoms with Crippen molar-refractivity contribution in [2.45, 2.75) is 77.2 Å². The van der Waals surface area contributed by atoms with E-state index in [2.05, 4.69) is 32.3 Å². The van der Waals surface area contributed by atoms with E-state index in [1.165, 1.54) is 36.8 Å². The summed E-state index contributed by atoms with van der Waals surface area (Å²) in [6, 6.07) is 3.77. The van der Waals surface area contributed by atoms with Crippen molar-refractivity contribution in [3.8, 4) is 0 Å². The number of pyridine rings is 1. The van der Waals surface area contributed by atoms with Crippen molar-refractivity contribution in [3.63, 3.8) is 0 Å². The lowest BCUT2D eigenvalue weighted by Crippen LogP contribution is -2.33. The molecule has 4 rings (SSSR count). The molecule has 1 saturated heterocycles. The van der Waals surface area contributed by atoms with Crippen LogP contribution >= 0.6 is 0 Å². The van der Waals surface area contributed by atoms with Gasteiger partial charge in [0.1, 0.15) is 18.2 Å². The Morgan fingerprint density at radius 2 is 2.15 bits per heavy atom. The van der Waals surface area contributed by atoms with Gasteiger partial charge in [-0.05, 0) is 68.5 Å². The monoisotopic (exact) mass is 451 g/mol. The Bertz CT molecular complexity index is 948. The van der Waals surface area contributed by atoms with Gasteiger partial charge in [0.05, 0.1) is 5.69 Å². The van der Waals surface area contributed by atoms with E-state index in [0.29, 0.717) is 5.92 Å². The molecule has 7 heteroatoms. The highest BCUT2D eigenvalue weighted by atomic mass is 16.4. The largest absolute Gasteiger partial charge is 0.480 e. The standard InChI is InChI=1S/C26H37N5O2/c1-18(2)23-22(15-27-17-29-23)24(26(32)33)31-14-12-19(16-31)7-4-3-5-9-21-11-10-20-8-6-13-28-25(20)30-21/h10-11,15,17-19,24H,3-9,12-14,16H2,1-2H3,(H,28,30)(H,32,33)/t19-,24?/m1/s1. The highest BCUT2D eigenvalue weighted by Crippen LogP contribution is 2.33. The minimum atomic E-state index is -0.806. The fourth-order valence-corrected chi connectivity index (χ4v) is 5.29. The van der Waals surface area contributed by atoms with Gasteiger partial charge >= 0.3 is 5.97 Å². The molecule has 0 aliphatic carbocycles. The van der Waals surface area contributed by atoms with Crippen molar-refractivity contribution in [1.29, 1.82) is 0 Å². The second-order valence-electron chi connectivity index (χ2n) is 9.85. The number of carbonyl (C=O) groups is 1. The summed E-state index contributed by atoms with van der Waals surface area (Å²) >= 11 is 0. The molecule has 0 radical (unpaired) electrons. The number of aromatic nitrogens is 3. The van der Waals surface area contributed by atoms with Crippen molar-refractivity contribution >= 4 is 11.8 Å². The minimum absolute atomic E-state index is 0.170. The summed E-state index contributed by atoms with van der Waals surface area (Å²) in [5.41, 5.74) is 4.11. The lowest BCUT2D eigenvalue weighted by atomic mass is 9.98. The first-order chi connectivity index (χ1) is 16.0. The molecule has 1 unspecified atom stereocenters. The van der Waals surface area contributed by atoms with Crippen LogP contribution in [-0.4, -0.2) is 50.6 Å². The van der Waals surface area contributed by atoms with E-state index >= 15 is 0 Å². The number of aryl methyl sites for hydroxylation is 2. The normalized spacial score (nSPS) is 19.3. The molecule has 0 spiro atoms. The quantitative estimate of drug-likeness (QED) is 0.510. The summed E-state index contributed by atoms with van der Waals surface area (Å²) in [5.74, 6) is 1.01. The molecule has 0 bridgehead atoms. The van der Waals surface area contributed by atoms with Crippen molar-refractivity contribution in [3.05, 3.63) is 47.2 Å². The molecule has 2 aliphatic heterocycles. The number of carboxylic acids is 1. The highest BCUT2D eigenvalue weighted by Gasteiger charge is 2.35. The zero-order chi connectivity index (χ0) is 23.2. The van der Waals surface area contributed by atoms with E-state index in [1.807, 2.05) is 13.8 Å². The Labute approximate surface area is 197 Å². The van der Waals surface area contributed by atoms with Crippen molar-refractivity contribution < 1.29 is 9.90 Å². The number of fused-ring (bicyclic) bond motifs is 1. The number of nitrogens with one attached hydrogen (secondary N) is 1. The maximum Gasteiger partial charge on any atom is 0.325 e. The Kier molecular flexibility index (Phi) is 7.91. The fraction of sp³-hybridized carbons (Fsp3) is 0.615. The summed E-state index contributed by atoms with van der Waals surface area (Å²) in [4.78, 5) is 27.6. The third-order valence-corrected chi connectivity index (χ3v) is 7.03. The van der Waals surface area contributed by atoms with Gasteiger partial charge in [0.2, 0.25) is 0 Å². The number of hydrogen-bond acceptors (Lipinski definition) is 6. The number of likely N-dealkylation sites (tertiary alicyclic amines) is 1. The predicted molar refractivity (Wildman–Crippen MR) is 129 cm³/mol. The summed E-state index contributed by atoms with van der Waals surface area (Å²) in [7, 11) is 0. The first-order valence-electron chi connectivity index (χ1n) is 12.5. The molecule has 1 fully saturated rings. The zero-order valence-corrected chi connectivity index (χ0v) is 20.0. The fourth-order valence-electron chi connectivity index (χ4n) is 5.29. The molecule has 2 aromatic heterocycles. The lowest BCUT2D eigenvalue weighted by molar-refractivity contribution is -0.143. The first-order valence-corrected chi connectivity index (χ1v) is 12.5. The Morgan fingerprint density at radius 3 is 2.97 bits per heavy atom. The number of nitrogens with zero attached hydrogens (tertiary/aromatic N) is 4. The second-order valence-corrected chi connectivity index (χ2v) is 9.85. The lowest BCUT2D eigenvalue weighted by Gasteiger charge is -2.26. The summed E-state index contributed by atoms with van der Waals surface area (Å²) in [6.07, 6.45) is 12.3. The van der Waals surface area contributed by atoms with Gasteiger partial charge < -0.3 is 10.4 Å². The summed E-state index contributed by atoms with van der Waals surface area (Å²) in [6.45, 7) is 6.78. The van der Waals surface area contributed by atoms with E-state index in [1.54, 1.807) is 6.20 Å². The number of hydrogen-bond donors (Lipinski definition) is 2. The second kappa shape index (κ2) is 11.1. The first kappa shape index (κ1) is 23.6. The van der Waals surface area contributed by atoms with Gasteiger partial charge in [-0.3, -0.25) is 9.69 Å². The molecule has 7 nitrogen and oxygen atoms in total. The molecule has 0 saturated carbocycles. The maximum atomic E-state index is 12.2. The van der Waals surface area contributed by atoms with Crippen LogP contribution in [0.1, 0.15) is 86.8 Å². The molecule has 0 amide bonds. The average Bonchev–Trinajstić information content (AvgIpc) is 3.27. The van der Waals surface area contributed by atoms with Crippen molar-refractivity contribution in [2.75, 3.05) is 25.0 Å². The molecule has 0 aromatic carbocycles. The average molecular weight is 452 g/mol. The molecule has 2 N–H and O–H groups in total. The van der Waals surface area contributed by atoms with E-state index in [9.17, 15) is 9.90 Å². The van der Waals surface area contributed by atoms with Crippen LogP contribution in [0.15, 0.2) is 24.7 Å². The summed E-state index contributed by atoms with van der Waals surface area (Å²) in [5, 5.41) is 13.4. The van der Waals surface area contributed by atoms with Gasteiger partial charge in [-0.15, -0.1) is 0 Å². The number of carboxylic acid groups (broad SMARTS) is 1. The Hall–Kier alpha value is -2.54. The molecule has 2 aliphatic rings. The topological polar surface area (TPSA) is 91.2 Å². The smallest absolute Gasteiger partial charge is 0.325 e. The number of rotatable bonds is 10. The van der Waals surface area contributed by atoms with Gasteiger partial charge in [-0.2, -0.15) is 0 Å². The third-order valence-electron chi connectivity index (χ3n) is 7.03. The molecule has 2 atom stereocenters. The van der Waals surface area contributed by atoms with Gasteiger partial charge in [0, 0.05) is 30.5 Å². The van der Waals surface area contributed by atoms with Gasteiger partial charge in [-0.1, -0.05) is 32.8 Å². The van der Waals surface area contributed by atoms with Gasteiger partial charge in [0.15, 0.2) is 0 Å². The van der Waals surface area contributed by atoms with Crippen molar-refractivity contribution in [2.24, 2.45) is 5.92 Å². The molecular formula is C26H37N5O2. The van der Waals surface area contributed by atoms with Gasteiger partial charge in [-0.25, -0.2) is 15.0 Å². The molecule has 178 valence electrons. The highest BCUT2D eigenvalue weighted by molar-refractivity contribution is 5.76. The van der Waals surface area contributed by atoms with Crippen LogP contribution in [0.25, 0.3) is 0 Å². The Morgan fingerprint density at radius 1 is 1.27 bits per heavy atom. The molecule has 2 aromatic rings. The van der Waals surface area contributed by atoms with E-state index in [0.717, 1.165) is 68.8 Å². The maximum absolute atomic E-state index is 12.2. The molecular weight excluding hydrogens is 414 g/mol. The van der Waals surface area contributed by atoms with Crippen LogP contribution in [0.5, 0.6) is 0 Å². The van der Waals surface area contributed by atoms with Crippen LogP contribution in [0.2, 0.25) is 0 Å². The zero-order valence-electron chi connectivity index (χ0n) is 20.0. The van der Waals surface area contributed by atoms with Crippen LogP contribution in [0.3, 0.4) is 0 Å². The van der Waals surface area contributed by atoms with Crippen LogP contribution in [0.4, 0.5) is 5.82 Å². The minimum Gasteiger partial charge on any atom is -0.480 e. The SMILES string of the molecule is CC(C)c1ncncc1C(C(=O)O)N1CC[C@@H](CCCCCc2ccc3c(n2)NCCC3)C1. The predicted octanol–water partition coefficient (Wildman–Crippen LogP) is 4.60. The number of aliphatic carboxylic acids is 1. The van der Waals surface area contributed by atoms with Crippen molar-refractivity contribution in [1.82, 2.24) is 19.9 Å². The van der Waals surface area contributed by atoms with Crippen LogP contribution in [-0.2, 0) is 17.6 Å². The van der Waals surface area contributed by atoms with Crippen LogP contribution in [0, 0.1) is 5.92 Å². The summed E-state index contributed by atoms with van der Waals surface area (Å²) < 4.78 is 0. The van der Waals surface area contributed by atoms with Gasteiger partial charge in [0.25, 0.3) is 0 Å². The third kappa shape index (κ3) is 5.88.